The quantitative estimate of drug-likeness (QED) is 0.122. The van der Waals surface area contributed by atoms with Gasteiger partial charge in [0.15, 0.2) is 34.7 Å². The van der Waals surface area contributed by atoms with E-state index in [1.54, 1.807) is 0 Å². The van der Waals surface area contributed by atoms with Crippen molar-refractivity contribution >= 4 is 24.0 Å². The summed E-state index contributed by atoms with van der Waals surface area (Å²) in [7, 11) is 1.04. The SMILES string of the molecule is COC(=O)[C@@]1(O)C[C@@H](O)[C@H](OC(=O)/C=C/c2ccc(O)c(O)c2)[C@H](OC(=O)CCc2ccc(O)c(O)c2)C1. The number of aliphatic hydroxyl groups excluding tert-OH is 1. The molecule has 0 heterocycles. The molecule has 38 heavy (non-hydrogen) atoms. The number of ether oxygens (including phenoxy) is 3. The third kappa shape index (κ3) is 6.93. The predicted molar refractivity (Wildman–Crippen MR) is 129 cm³/mol. The molecular weight excluding hydrogens is 504 g/mol. The number of carbonyl (C=O) groups excluding carboxylic acids is 3. The van der Waals surface area contributed by atoms with E-state index in [1.165, 1.54) is 42.5 Å². The van der Waals surface area contributed by atoms with Crippen molar-refractivity contribution in [2.75, 3.05) is 7.11 Å². The van der Waals surface area contributed by atoms with Gasteiger partial charge < -0.3 is 44.8 Å². The number of rotatable bonds is 8. The van der Waals surface area contributed by atoms with Gasteiger partial charge in [0, 0.05) is 25.3 Å². The van der Waals surface area contributed by atoms with Crippen molar-refractivity contribution in [3.05, 3.63) is 53.6 Å². The summed E-state index contributed by atoms with van der Waals surface area (Å²) >= 11 is 0. The molecule has 12 nitrogen and oxygen atoms in total. The van der Waals surface area contributed by atoms with Crippen molar-refractivity contribution in [1.82, 2.24) is 0 Å². The number of phenols is 4. The molecule has 1 saturated carbocycles. The molecular formula is C26H28O12. The van der Waals surface area contributed by atoms with Crippen LogP contribution in [0.3, 0.4) is 0 Å². The van der Waals surface area contributed by atoms with Gasteiger partial charge in [-0.25, -0.2) is 9.59 Å². The Morgan fingerprint density at radius 2 is 1.61 bits per heavy atom. The number of carbonyl (C=O) groups is 3. The van der Waals surface area contributed by atoms with Crippen LogP contribution in [0.2, 0.25) is 0 Å². The summed E-state index contributed by atoms with van der Waals surface area (Å²) in [6.45, 7) is 0. The van der Waals surface area contributed by atoms with Crippen molar-refractivity contribution in [2.45, 2.75) is 49.6 Å². The summed E-state index contributed by atoms with van der Waals surface area (Å²) in [6.07, 6.45) is -3.37. The number of aliphatic hydroxyl groups is 2. The Balaban J connectivity index is 1.72. The van der Waals surface area contributed by atoms with Gasteiger partial charge in [-0.05, 0) is 47.9 Å². The zero-order valence-corrected chi connectivity index (χ0v) is 20.3. The molecule has 1 aliphatic carbocycles. The van der Waals surface area contributed by atoms with Crippen LogP contribution in [-0.2, 0) is 35.0 Å². The molecule has 2 aromatic rings. The molecule has 4 atom stereocenters. The molecule has 2 aromatic carbocycles. The van der Waals surface area contributed by atoms with Crippen LogP contribution in [0.5, 0.6) is 23.0 Å². The maximum atomic E-state index is 12.6. The Bertz CT molecular complexity index is 1220. The molecule has 3 rings (SSSR count). The first kappa shape index (κ1) is 28.3. The first-order valence-electron chi connectivity index (χ1n) is 11.5. The van der Waals surface area contributed by atoms with Crippen molar-refractivity contribution < 1.29 is 59.2 Å². The number of hydrogen-bond acceptors (Lipinski definition) is 12. The van der Waals surface area contributed by atoms with E-state index >= 15 is 0 Å². The highest BCUT2D eigenvalue weighted by molar-refractivity contribution is 5.87. The minimum absolute atomic E-state index is 0.107. The van der Waals surface area contributed by atoms with Crippen molar-refractivity contribution in [3.8, 4) is 23.0 Å². The zero-order valence-electron chi connectivity index (χ0n) is 20.3. The van der Waals surface area contributed by atoms with Gasteiger partial charge in [-0.2, -0.15) is 0 Å². The van der Waals surface area contributed by atoms with Crippen molar-refractivity contribution in [1.29, 1.82) is 0 Å². The van der Waals surface area contributed by atoms with Crippen molar-refractivity contribution in [3.63, 3.8) is 0 Å². The molecule has 0 radical (unpaired) electrons. The average molecular weight is 532 g/mol. The third-order valence-electron chi connectivity index (χ3n) is 6.00. The number of aromatic hydroxyl groups is 4. The maximum absolute atomic E-state index is 12.6. The van der Waals surface area contributed by atoms with Crippen LogP contribution in [0, 0.1) is 0 Å². The summed E-state index contributed by atoms with van der Waals surface area (Å²) in [5.41, 5.74) is -1.34. The largest absolute Gasteiger partial charge is 0.504 e. The van der Waals surface area contributed by atoms with Crippen LogP contribution in [0.25, 0.3) is 6.08 Å². The number of esters is 3. The zero-order chi connectivity index (χ0) is 28.0. The first-order valence-corrected chi connectivity index (χ1v) is 11.5. The number of aryl methyl sites for hydroxylation is 1. The Labute approximate surface area is 216 Å². The fourth-order valence-electron chi connectivity index (χ4n) is 4.04. The fraction of sp³-hybridized carbons (Fsp3) is 0.346. The van der Waals surface area contributed by atoms with Gasteiger partial charge in [0.1, 0.15) is 6.10 Å². The van der Waals surface area contributed by atoms with Gasteiger partial charge in [-0.3, -0.25) is 4.79 Å². The van der Waals surface area contributed by atoms with Crippen LogP contribution >= 0.6 is 0 Å². The number of methoxy groups -OCH3 is 1. The van der Waals surface area contributed by atoms with Gasteiger partial charge in [0.05, 0.1) is 13.2 Å². The molecule has 1 fully saturated rings. The van der Waals surface area contributed by atoms with Crippen molar-refractivity contribution in [2.24, 2.45) is 0 Å². The Hall–Kier alpha value is -4.29. The van der Waals surface area contributed by atoms with Gasteiger partial charge in [-0.1, -0.05) is 12.1 Å². The third-order valence-corrected chi connectivity index (χ3v) is 6.00. The van der Waals surface area contributed by atoms with E-state index in [-0.39, 0.29) is 30.1 Å². The Morgan fingerprint density at radius 3 is 2.24 bits per heavy atom. The summed E-state index contributed by atoms with van der Waals surface area (Å²) in [5.74, 6) is -4.26. The molecule has 12 heteroatoms. The molecule has 0 bridgehead atoms. The second-order valence-corrected chi connectivity index (χ2v) is 8.83. The Morgan fingerprint density at radius 1 is 0.947 bits per heavy atom. The smallest absolute Gasteiger partial charge is 0.338 e. The lowest BCUT2D eigenvalue weighted by molar-refractivity contribution is -0.207. The van der Waals surface area contributed by atoms with Gasteiger partial charge in [0.2, 0.25) is 0 Å². The van der Waals surface area contributed by atoms with Crippen LogP contribution < -0.4 is 0 Å². The lowest BCUT2D eigenvalue weighted by Gasteiger charge is -2.41. The van der Waals surface area contributed by atoms with Gasteiger partial charge >= 0.3 is 17.9 Å². The second kappa shape index (κ2) is 11.8. The molecule has 0 aliphatic heterocycles. The van der Waals surface area contributed by atoms with Gasteiger partial charge in [0.25, 0.3) is 0 Å². The molecule has 0 unspecified atom stereocenters. The van der Waals surface area contributed by atoms with E-state index in [4.69, 9.17) is 9.47 Å². The van der Waals surface area contributed by atoms with Crippen LogP contribution in [0.15, 0.2) is 42.5 Å². The lowest BCUT2D eigenvalue weighted by atomic mass is 9.79. The minimum atomic E-state index is -2.20. The molecule has 0 amide bonds. The molecule has 1 aliphatic rings. The molecule has 204 valence electrons. The van der Waals surface area contributed by atoms with E-state index in [1.807, 2.05) is 0 Å². The minimum Gasteiger partial charge on any atom is -0.504 e. The van der Waals surface area contributed by atoms with E-state index < -0.39 is 60.4 Å². The van der Waals surface area contributed by atoms with E-state index in [2.05, 4.69) is 4.74 Å². The maximum Gasteiger partial charge on any atom is 0.338 e. The van der Waals surface area contributed by atoms with Gasteiger partial charge in [-0.15, -0.1) is 0 Å². The van der Waals surface area contributed by atoms with Crippen LogP contribution in [-0.4, -0.2) is 79.6 Å². The second-order valence-electron chi connectivity index (χ2n) is 8.83. The summed E-state index contributed by atoms with van der Waals surface area (Å²) in [4.78, 5) is 37.2. The highest BCUT2D eigenvalue weighted by Gasteiger charge is 2.53. The highest BCUT2D eigenvalue weighted by Crippen LogP contribution is 2.34. The van der Waals surface area contributed by atoms with Crippen LogP contribution in [0.1, 0.15) is 30.4 Å². The number of phenolic OH excluding ortho intramolecular Hbond substituents is 4. The standard InChI is InChI=1S/C26H28O12/c1-36-25(34)26(35)12-20(31)24(38-23(33)9-5-15-3-7-17(28)19(30)11-15)21(13-26)37-22(32)8-4-14-2-6-16(27)18(29)10-14/h2-3,5-7,9-11,20-21,24,27-31,35H,4,8,12-13H2,1H3/b9-5+/t20-,21-,24+,26-/m1/s1. The summed E-state index contributed by atoms with van der Waals surface area (Å²) < 4.78 is 15.3. The molecule has 0 saturated heterocycles. The number of benzene rings is 2. The van der Waals surface area contributed by atoms with Crippen LogP contribution in [0.4, 0.5) is 0 Å². The topological polar surface area (TPSA) is 200 Å². The monoisotopic (exact) mass is 532 g/mol. The lowest BCUT2D eigenvalue weighted by Crippen LogP contribution is -2.58. The summed E-state index contributed by atoms with van der Waals surface area (Å²) in [6, 6.07) is 7.86. The van der Waals surface area contributed by atoms with E-state index in [0.717, 1.165) is 13.2 Å². The number of hydrogen-bond donors (Lipinski definition) is 6. The molecule has 0 spiro atoms. The van der Waals surface area contributed by atoms with E-state index in [9.17, 15) is 45.0 Å². The molecule has 0 aromatic heterocycles. The average Bonchev–Trinajstić information content (AvgIpc) is 2.87. The summed E-state index contributed by atoms with van der Waals surface area (Å²) in [5, 5.41) is 59.3. The molecule has 6 N–H and O–H groups in total. The Kier molecular flexibility index (Phi) is 8.81. The normalized spacial score (nSPS) is 23.1. The highest BCUT2D eigenvalue weighted by atomic mass is 16.6. The predicted octanol–water partition coefficient (Wildman–Crippen LogP) is 1.04. The fourth-order valence-corrected chi connectivity index (χ4v) is 4.04. The first-order chi connectivity index (χ1) is 17.9. The van der Waals surface area contributed by atoms with E-state index in [0.29, 0.717) is 11.1 Å².